The molecule has 2 aliphatic heterocycles. The highest BCUT2D eigenvalue weighted by Gasteiger charge is 2.32. The van der Waals surface area contributed by atoms with E-state index >= 15 is 0 Å². The summed E-state index contributed by atoms with van der Waals surface area (Å²) in [6.45, 7) is 0.310. The summed E-state index contributed by atoms with van der Waals surface area (Å²) >= 11 is 0. The lowest BCUT2D eigenvalue weighted by Crippen LogP contribution is -2.40. The number of nitrogens with zero attached hydrogens (tertiary/aromatic N) is 1. The average Bonchev–Trinajstić information content (AvgIpc) is 3.06. The first-order valence-electron chi connectivity index (χ1n) is 10.2. The minimum absolute atomic E-state index is 0.0200. The molecule has 0 saturated carbocycles. The molecule has 2 aromatic carbocycles. The summed E-state index contributed by atoms with van der Waals surface area (Å²) in [6, 6.07) is 10.6. The van der Waals surface area contributed by atoms with Gasteiger partial charge in [0, 0.05) is 35.5 Å². The number of nitrogens with one attached hydrogen (secondary N) is 1. The van der Waals surface area contributed by atoms with Gasteiger partial charge in [-0.05, 0) is 36.8 Å². The van der Waals surface area contributed by atoms with Crippen LogP contribution in [0.2, 0.25) is 0 Å². The normalized spacial score (nSPS) is 20.0. The summed E-state index contributed by atoms with van der Waals surface area (Å²) in [4.78, 5) is 38.9. The molecule has 0 aromatic heterocycles. The summed E-state index contributed by atoms with van der Waals surface area (Å²) < 4.78 is 22.9. The van der Waals surface area contributed by atoms with Gasteiger partial charge in [0.2, 0.25) is 5.91 Å². The van der Waals surface area contributed by atoms with E-state index in [2.05, 4.69) is 5.32 Å². The van der Waals surface area contributed by atoms with Crippen molar-refractivity contribution in [3.63, 3.8) is 0 Å². The van der Waals surface area contributed by atoms with Crippen molar-refractivity contribution in [3.05, 3.63) is 47.5 Å². The van der Waals surface area contributed by atoms with E-state index in [-0.39, 0.29) is 35.3 Å². The van der Waals surface area contributed by atoms with Gasteiger partial charge in [-0.3, -0.25) is 19.3 Å². The van der Waals surface area contributed by atoms with Crippen molar-refractivity contribution >= 4 is 38.3 Å². The molecule has 158 valence electrons. The molecule has 1 fully saturated rings. The van der Waals surface area contributed by atoms with Crippen LogP contribution in [0.5, 0.6) is 0 Å². The molecule has 2 aromatic rings. The molecular formula is C22H24N2O5S. The molecule has 0 aliphatic carbocycles. The molecular weight excluding hydrogens is 404 g/mol. The molecule has 0 unspecified atom stereocenters. The van der Waals surface area contributed by atoms with Crippen LogP contribution in [0.1, 0.15) is 52.8 Å². The van der Waals surface area contributed by atoms with Crippen molar-refractivity contribution in [2.45, 2.75) is 38.1 Å². The third kappa shape index (κ3) is 4.09. The van der Waals surface area contributed by atoms with E-state index in [1.165, 1.54) is 4.90 Å². The van der Waals surface area contributed by atoms with E-state index < -0.39 is 9.84 Å². The minimum atomic E-state index is -3.01. The van der Waals surface area contributed by atoms with E-state index in [1.54, 1.807) is 12.1 Å². The lowest BCUT2D eigenvalue weighted by molar-refractivity contribution is -0.121. The third-order valence-corrected chi connectivity index (χ3v) is 7.51. The number of unbranched alkanes of at least 4 members (excludes halogenated alkanes) is 2. The fraction of sp³-hybridized carbons (Fsp3) is 0.409. The van der Waals surface area contributed by atoms with E-state index in [4.69, 9.17) is 0 Å². The zero-order valence-electron chi connectivity index (χ0n) is 16.6. The molecule has 0 spiro atoms. The molecule has 0 radical (unpaired) electrons. The highest BCUT2D eigenvalue weighted by atomic mass is 32.2. The first-order chi connectivity index (χ1) is 14.4. The van der Waals surface area contributed by atoms with E-state index in [1.807, 2.05) is 24.3 Å². The van der Waals surface area contributed by atoms with Crippen LogP contribution in [0, 0.1) is 0 Å². The molecule has 30 heavy (non-hydrogen) atoms. The minimum Gasteiger partial charge on any atom is -0.352 e. The van der Waals surface area contributed by atoms with Crippen molar-refractivity contribution in [3.8, 4) is 0 Å². The highest BCUT2D eigenvalue weighted by molar-refractivity contribution is 7.91. The molecule has 1 N–H and O–H groups in total. The standard InChI is InChI=1S/C22H24N2O5S/c25-19(23-16-11-13-30(28,29)14-16)10-2-1-3-12-24-21(26)17-8-4-6-15-7-5-9-18(20(15)17)22(24)27/h4-9,16H,1-3,10-14H2,(H,23,25)/t16-/m0/s1. The van der Waals surface area contributed by atoms with Gasteiger partial charge >= 0.3 is 0 Å². The molecule has 0 bridgehead atoms. The Hall–Kier alpha value is -2.74. The van der Waals surface area contributed by atoms with Gasteiger partial charge in [0.15, 0.2) is 9.84 Å². The van der Waals surface area contributed by atoms with Gasteiger partial charge in [0.25, 0.3) is 11.8 Å². The molecule has 1 saturated heterocycles. The highest BCUT2D eigenvalue weighted by Crippen LogP contribution is 2.30. The maximum atomic E-state index is 12.8. The first-order valence-corrected chi connectivity index (χ1v) is 12.1. The zero-order valence-corrected chi connectivity index (χ0v) is 17.4. The van der Waals surface area contributed by atoms with Crippen LogP contribution in [0.25, 0.3) is 10.8 Å². The second-order valence-corrected chi connectivity index (χ2v) is 10.2. The lowest BCUT2D eigenvalue weighted by Gasteiger charge is -2.27. The zero-order chi connectivity index (χ0) is 21.3. The average molecular weight is 429 g/mol. The second kappa shape index (κ2) is 8.18. The Morgan fingerprint density at radius 1 is 1.00 bits per heavy atom. The van der Waals surface area contributed by atoms with Crippen LogP contribution in [0.15, 0.2) is 36.4 Å². The van der Waals surface area contributed by atoms with Crippen molar-refractivity contribution in [2.75, 3.05) is 18.1 Å². The van der Waals surface area contributed by atoms with E-state index in [9.17, 15) is 22.8 Å². The lowest BCUT2D eigenvalue weighted by atomic mass is 9.94. The summed E-state index contributed by atoms with van der Waals surface area (Å²) in [5.41, 5.74) is 1.10. The predicted molar refractivity (Wildman–Crippen MR) is 113 cm³/mol. The maximum absolute atomic E-state index is 12.8. The number of amides is 3. The summed E-state index contributed by atoms with van der Waals surface area (Å²) in [5, 5.41) is 4.38. The number of carbonyl (C=O) groups excluding carboxylic acids is 3. The van der Waals surface area contributed by atoms with Gasteiger partial charge < -0.3 is 5.32 Å². The van der Waals surface area contributed by atoms with Gasteiger partial charge in [-0.15, -0.1) is 0 Å². The Bertz CT molecular complexity index is 1070. The Kier molecular flexibility index (Phi) is 5.60. The van der Waals surface area contributed by atoms with Crippen LogP contribution in [0.3, 0.4) is 0 Å². The fourth-order valence-corrected chi connectivity index (χ4v) is 5.90. The topological polar surface area (TPSA) is 101 Å². The maximum Gasteiger partial charge on any atom is 0.261 e. The number of imide groups is 1. The van der Waals surface area contributed by atoms with Crippen LogP contribution in [-0.2, 0) is 14.6 Å². The fourth-order valence-electron chi connectivity index (χ4n) is 4.22. The molecule has 4 rings (SSSR count). The summed E-state index contributed by atoms with van der Waals surface area (Å²) in [5.74, 6) is -0.546. The molecule has 1 atom stereocenters. The number of benzene rings is 2. The van der Waals surface area contributed by atoms with Crippen molar-refractivity contribution in [2.24, 2.45) is 0 Å². The van der Waals surface area contributed by atoms with Gasteiger partial charge in [-0.1, -0.05) is 30.7 Å². The SMILES string of the molecule is O=C(CCCCCN1C(=O)c2cccc3cccc(c23)C1=O)N[C@H]1CCS(=O)(=O)C1. The van der Waals surface area contributed by atoms with Crippen molar-refractivity contribution < 1.29 is 22.8 Å². The number of hydrogen-bond donors (Lipinski definition) is 1. The van der Waals surface area contributed by atoms with Crippen LogP contribution in [-0.4, -0.2) is 55.1 Å². The van der Waals surface area contributed by atoms with Crippen molar-refractivity contribution in [1.29, 1.82) is 0 Å². The molecule has 2 aliphatic rings. The number of carbonyl (C=O) groups is 3. The van der Waals surface area contributed by atoms with Crippen LogP contribution >= 0.6 is 0 Å². The molecule has 2 heterocycles. The third-order valence-electron chi connectivity index (χ3n) is 5.74. The monoisotopic (exact) mass is 428 g/mol. The Balaban J connectivity index is 1.27. The van der Waals surface area contributed by atoms with Gasteiger partial charge in [0.05, 0.1) is 11.5 Å². The van der Waals surface area contributed by atoms with E-state index in [0.29, 0.717) is 49.8 Å². The summed E-state index contributed by atoms with van der Waals surface area (Å²) in [7, 11) is -3.01. The molecule has 3 amide bonds. The number of rotatable bonds is 7. The Labute approximate surface area is 175 Å². The van der Waals surface area contributed by atoms with Crippen LogP contribution < -0.4 is 5.32 Å². The van der Waals surface area contributed by atoms with Gasteiger partial charge in [-0.2, -0.15) is 0 Å². The number of hydrogen-bond acceptors (Lipinski definition) is 5. The largest absolute Gasteiger partial charge is 0.352 e. The van der Waals surface area contributed by atoms with E-state index in [0.717, 1.165) is 10.8 Å². The van der Waals surface area contributed by atoms with Gasteiger partial charge in [0.1, 0.15) is 0 Å². The van der Waals surface area contributed by atoms with Crippen LogP contribution in [0.4, 0.5) is 0 Å². The molecule has 8 heteroatoms. The quantitative estimate of drug-likeness (QED) is 0.539. The Morgan fingerprint density at radius 2 is 1.67 bits per heavy atom. The second-order valence-electron chi connectivity index (χ2n) is 7.95. The number of sulfone groups is 1. The smallest absolute Gasteiger partial charge is 0.261 e. The first kappa shape index (κ1) is 20.5. The van der Waals surface area contributed by atoms with Crippen molar-refractivity contribution in [1.82, 2.24) is 10.2 Å². The predicted octanol–water partition coefficient (Wildman–Crippen LogP) is 2.30. The molecule has 7 nitrogen and oxygen atoms in total. The van der Waals surface area contributed by atoms with Gasteiger partial charge in [-0.25, -0.2) is 8.42 Å². The Morgan fingerprint density at radius 3 is 2.27 bits per heavy atom. The summed E-state index contributed by atoms with van der Waals surface area (Å²) in [6.07, 6.45) is 2.70.